The fourth-order valence-corrected chi connectivity index (χ4v) is 1.96. The van der Waals surface area contributed by atoms with Crippen molar-refractivity contribution in [3.63, 3.8) is 0 Å². The summed E-state index contributed by atoms with van der Waals surface area (Å²) in [5.74, 6) is -0.738. The maximum Gasteiger partial charge on any atom is 0.333 e. The number of carbonyl (C=O) groups excluding carboxylic acids is 2. The highest BCUT2D eigenvalue weighted by atomic mass is 16.9. The van der Waals surface area contributed by atoms with Crippen molar-refractivity contribution >= 4 is 11.9 Å². The Bertz CT molecular complexity index is 629. The van der Waals surface area contributed by atoms with E-state index in [-0.39, 0.29) is 18.3 Å². The first-order chi connectivity index (χ1) is 11.9. The molecule has 0 fully saturated rings. The molecule has 1 N–H and O–H groups in total. The second-order valence-electron chi connectivity index (χ2n) is 5.28. The average Bonchev–Trinajstić information content (AvgIpc) is 2.57. The van der Waals surface area contributed by atoms with Gasteiger partial charge >= 0.3 is 5.97 Å². The molecule has 1 aromatic rings. The lowest BCUT2D eigenvalue weighted by atomic mass is 10.2. The average molecular weight is 350 g/mol. The molecule has 0 spiro atoms. The van der Waals surface area contributed by atoms with Gasteiger partial charge in [-0.3, -0.25) is 4.79 Å². The molecule has 0 heterocycles. The monoisotopic (exact) mass is 350 g/mol. The smallest absolute Gasteiger partial charge is 0.333 e. The number of esters is 1. The molecule has 0 aliphatic carbocycles. The van der Waals surface area contributed by atoms with E-state index in [2.05, 4.69) is 10.2 Å². The Balaban J connectivity index is 2.54. The van der Waals surface area contributed by atoms with E-state index in [0.717, 1.165) is 6.42 Å². The Hall–Kier alpha value is -2.90. The molecule has 1 atom stereocenters. The van der Waals surface area contributed by atoms with Gasteiger partial charge in [0.25, 0.3) is 5.09 Å². The Labute approximate surface area is 145 Å². The van der Waals surface area contributed by atoms with Crippen molar-refractivity contribution in [2.75, 3.05) is 0 Å². The second kappa shape index (κ2) is 10.8. The summed E-state index contributed by atoms with van der Waals surface area (Å²) in [6.07, 6.45) is 5.69. The van der Waals surface area contributed by atoms with E-state index in [1.54, 1.807) is 18.2 Å². The summed E-state index contributed by atoms with van der Waals surface area (Å²) in [6, 6.07) is 5.49. The number of nitrogens with one attached hydrogen (secondary N) is 1. The molecule has 0 aromatic heterocycles. The minimum Gasteiger partial charge on any atom is -0.425 e. The Morgan fingerprint density at radius 3 is 2.76 bits per heavy atom. The van der Waals surface area contributed by atoms with Crippen molar-refractivity contribution in [1.82, 2.24) is 5.32 Å². The van der Waals surface area contributed by atoms with Gasteiger partial charge in [-0.05, 0) is 32.8 Å². The maximum absolute atomic E-state index is 12.1. The summed E-state index contributed by atoms with van der Waals surface area (Å²) < 4.78 is 5.22. The van der Waals surface area contributed by atoms with Crippen molar-refractivity contribution in [2.45, 2.75) is 45.8 Å². The topological polar surface area (TPSA) is 108 Å². The van der Waals surface area contributed by atoms with Gasteiger partial charge in [0, 0.05) is 12.0 Å². The fourth-order valence-electron chi connectivity index (χ4n) is 1.96. The minimum atomic E-state index is -0.921. The van der Waals surface area contributed by atoms with E-state index >= 15 is 0 Å². The van der Waals surface area contributed by atoms with Crippen LogP contribution in [0.5, 0.6) is 5.75 Å². The number of para-hydroxylation sites is 1. The highest BCUT2D eigenvalue weighted by Crippen LogP contribution is 2.19. The summed E-state index contributed by atoms with van der Waals surface area (Å²) in [5.41, 5.74) is 0.359. The van der Waals surface area contributed by atoms with Crippen molar-refractivity contribution in [3.05, 3.63) is 52.1 Å². The standard InChI is InChI=1S/C17H22N2O6/c1-3-4-5-6-11-16(20)18-13(2)17(21)25-15-10-8-7-9-14(15)12-24-19(22)23/h3-4,7-10,13H,5-6,11-12H2,1-2H3,(H,18,20)/b4-3-. The molecule has 0 bridgehead atoms. The van der Waals surface area contributed by atoms with Gasteiger partial charge in [0.15, 0.2) is 0 Å². The van der Waals surface area contributed by atoms with Crippen LogP contribution in [0.2, 0.25) is 0 Å². The molecule has 1 amide bonds. The molecule has 1 aromatic carbocycles. The van der Waals surface area contributed by atoms with Crippen LogP contribution in [0.4, 0.5) is 0 Å². The first-order valence-corrected chi connectivity index (χ1v) is 7.91. The van der Waals surface area contributed by atoms with Crippen LogP contribution in [0.25, 0.3) is 0 Å². The number of unbranched alkanes of at least 4 members (excludes halogenated alkanes) is 1. The van der Waals surface area contributed by atoms with Crippen molar-refractivity contribution in [3.8, 4) is 5.75 Å². The van der Waals surface area contributed by atoms with E-state index in [1.165, 1.54) is 13.0 Å². The van der Waals surface area contributed by atoms with Crippen molar-refractivity contribution < 1.29 is 24.3 Å². The number of ether oxygens (including phenoxy) is 1. The maximum atomic E-state index is 12.1. The third-order valence-electron chi connectivity index (χ3n) is 3.25. The van der Waals surface area contributed by atoms with Crippen LogP contribution in [0.1, 0.15) is 38.7 Å². The molecule has 8 heteroatoms. The number of amides is 1. The number of allylic oxidation sites excluding steroid dienone is 2. The number of rotatable bonds is 10. The minimum absolute atomic E-state index is 0.156. The quantitative estimate of drug-likeness (QED) is 0.173. The number of nitrogens with zero attached hydrogens (tertiary/aromatic N) is 1. The van der Waals surface area contributed by atoms with Crippen LogP contribution < -0.4 is 10.1 Å². The van der Waals surface area contributed by atoms with Gasteiger partial charge < -0.3 is 14.9 Å². The molecule has 8 nitrogen and oxygen atoms in total. The predicted octanol–water partition coefficient (Wildman–Crippen LogP) is 2.55. The van der Waals surface area contributed by atoms with Crippen molar-refractivity contribution in [1.29, 1.82) is 0 Å². The summed E-state index contributed by atoms with van der Waals surface area (Å²) in [6.45, 7) is 3.09. The fraction of sp³-hybridized carbons (Fsp3) is 0.412. The van der Waals surface area contributed by atoms with Gasteiger partial charge in [0.05, 0.1) is 0 Å². The summed E-state index contributed by atoms with van der Waals surface area (Å²) in [7, 11) is 0. The molecular weight excluding hydrogens is 328 g/mol. The Morgan fingerprint density at radius 1 is 1.36 bits per heavy atom. The predicted molar refractivity (Wildman–Crippen MR) is 90.1 cm³/mol. The van der Waals surface area contributed by atoms with Crippen LogP contribution in [-0.2, 0) is 21.0 Å². The molecule has 0 saturated carbocycles. The molecule has 136 valence electrons. The SMILES string of the molecule is C/C=C\CCCC(=O)NC(C)C(=O)Oc1ccccc1CO[N+](=O)[O-]. The zero-order chi connectivity index (χ0) is 18.7. The number of hydrogen-bond donors (Lipinski definition) is 1. The van der Waals surface area contributed by atoms with Gasteiger partial charge in [0.1, 0.15) is 18.4 Å². The molecule has 0 aliphatic heterocycles. The molecular formula is C17H22N2O6. The van der Waals surface area contributed by atoms with Crippen LogP contribution in [0.3, 0.4) is 0 Å². The third kappa shape index (κ3) is 7.96. The lowest BCUT2D eigenvalue weighted by Gasteiger charge is -2.15. The zero-order valence-corrected chi connectivity index (χ0v) is 14.3. The highest BCUT2D eigenvalue weighted by molar-refractivity contribution is 5.85. The van der Waals surface area contributed by atoms with E-state index in [4.69, 9.17) is 4.74 Å². The first-order valence-electron chi connectivity index (χ1n) is 7.91. The molecule has 0 saturated heterocycles. The van der Waals surface area contributed by atoms with E-state index in [9.17, 15) is 19.7 Å². The number of benzene rings is 1. The van der Waals surface area contributed by atoms with Crippen molar-refractivity contribution in [2.24, 2.45) is 0 Å². The van der Waals surface area contributed by atoms with Crippen LogP contribution >= 0.6 is 0 Å². The van der Waals surface area contributed by atoms with E-state index in [0.29, 0.717) is 18.4 Å². The number of hydrogen-bond acceptors (Lipinski definition) is 6. The molecule has 0 aliphatic rings. The molecule has 1 unspecified atom stereocenters. The van der Waals surface area contributed by atoms with Gasteiger partial charge in [0.2, 0.25) is 5.91 Å². The van der Waals surface area contributed by atoms with Gasteiger partial charge in [-0.1, -0.05) is 30.4 Å². The van der Waals surface area contributed by atoms with Gasteiger partial charge in [-0.15, -0.1) is 10.1 Å². The second-order valence-corrected chi connectivity index (χ2v) is 5.28. The third-order valence-corrected chi connectivity index (χ3v) is 3.25. The highest BCUT2D eigenvalue weighted by Gasteiger charge is 2.19. The van der Waals surface area contributed by atoms with E-state index < -0.39 is 17.1 Å². The zero-order valence-electron chi connectivity index (χ0n) is 14.3. The first kappa shape index (κ1) is 20.1. The molecule has 25 heavy (non-hydrogen) atoms. The Morgan fingerprint density at radius 2 is 2.08 bits per heavy atom. The molecule has 0 radical (unpaired) electrons. The molecule has 1 rings (SSSR count). The Kier molecular flexibility index (Phi) is 8.70. The number of carbonyl (C=O) groups is 2. The lowest BCUT2D eigenvalue weighted by molar-refractivity contribution is -0.763. The summed E-state index contributed by atoms with van der Waals surface area (Å²) in [5, 5.41) is 11.9. The van der Waals surface area contributed by atoms with Crippen LogP contribution in [-0.4, -0.2) is 23.0 Å². The lowest BCUT2D eigenvalue weighted by Crippen LogP contribution is -2.40. The van der Waals surface area contributed by atoms with Crippen LogP contribution in [0.15, 0.2) is 36.4 Å². The summed E-state index contributed by atoms with van der Waals surface area (Å²) in [4.78, 5) is 38.5. The normalized spacial score (nSPS) is 11.8. The van der Waals surface area contributed by atoms with Gasteiger partial charge in [-0.2, -0.15) is 0 Å². The van der Waals surface area contributed by atoms with Gasteiger partial charge in [-0.25, -0.2) is 4.79 Å². The largest absolute Gasteiger partial charge is 0.425 e. The van der Waals surface area contributed by atoms with Crippen LogP contribution in [0, 0.1) is 10.1 Å². The summed E-state index contributed by atoms with van der Waals surface area (Å²) >= 11 is 0. The van der Waals surface area contributed by atoms with E-state index in [1.807, 2.05) is 19.1 Å².